The number of rotatable bonds is 3. The second kappa shape index (κ2) is 5.85. The Morgan fingerprint density at radius 3 is 2.85 bits per heavy atom. The number of aryl methyl sites for hydroxylation is 1. The van der Waals surface area contributed by atoms with Crippen molar-refractivity contribution in [1.82, 2.24) is 9.55 Å². The highest BCUT2D eigenvalue weighted by molar-refractivity contribution is 6.29. The largest absolute Gasteiger partial charge is 0.292 e. The van der Waals surface area contributed by atoms with Crippen LogP contribution in [0.1, 0.15) is 23.9 Å². The zero-order chi connectivity index (χ0) is 14.7. The molecule has 1 heterocycles. The molecule has 0 unspecified atom stereocenters. The molecule has 0 amide bonds. The summed E-state index contributed by atoms with van der Waals surface area (Å²) >= 11 is 5.76. The molecule has 0 aliphatic rings. The Labute approximate surface area is 120 Å². The summed E-state index contributed by atoms with van der Waals surface area (Å²) in [5.41, 5.74) is 0.337. The number of hydrogen-bond acceptors (Lipinski definition) is 3. The van der Waals surface area contributed by atoms with Gasteiger partial charge in [0.25, 0.3) is 5.56 Å². The van der Waals surface area contributed by atoms with Gasteiger partial charge in [0.2, 0.25) is 0 Å². The van der Waals surface area contributed by atoms with Crippen LogP contribution < -0.4 is 5.56 Å². The number of nitrogens with zero attached hydrogens (tertiary/aromatic N) is 3. The minimum absolute atomic E-state index is 0.0458. The van der Waals surface area contributed by atoms with Crippen LogP contribution in [0.15, 0.2) is 29.1 Å². The van der Waals surface area contributed by atoms with Gasteiger partial charge >= 0.3 is 0 Å². The van der Waals surface area contributed by atoms with E-state index < -0.39 is 5.82 Å². The SMILES string of the molecule is CCc1nc(Cl)cc(=O)n1Cc1ccc(F)c(C#N)c1. The quantitative estimate of drug-likeness (QED) is 0.817. The highest BCUT2D eigenvalue weighted by Crippen LogP contribution is 2.12. The monoisotopic (exact) mass is 291 g/mol. The summed E-state index contributed by atoms with van der Waals surface area (Å²) in [7, 11) is 0. The minimum Gasteiger partial charge on any atom is -0.292 e. The maximum atomic E-state index is 13.3. The lowest BCUT2D eigenvalue weighted by Crippen LogP contribution is -2.24. The summed E-state index contributed by atoms with van der Waals surface area (Å²) in [4.78, 5) is 16.0. The summed E-state index contributed by atoms with van der Waals surface area (Å²) in [5, 5.41) is 8.97. The lowest BCUT2D eigenvalue weighted by atomic mass is 10.1. The van der Waals surface area contributed by atoms with Crippen LogP contribution in [0.4, 0.5) is 4.39 Å². The van der Waals surface area contributed by atoms with Crippen LogP contribution in [-0.2, 0) is 13.0 Å². The van der Waals surface area contributed by atoms with Gasteiger partial charge in [0.05, 0.1) is 12.1 Å². The first-order chi connectivity index (χ1) is 9.55. The zero-order valence-corrected chi connectivity index (χ0v) is 11.5. The third kappa shape index (κ3) is 2.86. The second-order valence-corrected chi connectivity index (χ2v) is 4.59. The third-order valence-corrected chi connectivity index (χ3v) is 3.06. The average molecular weight is 292 g/mol. The van der Waals surface area contributed by atoms with Gasteiger partial charge in [0.1, 0.15) is 22.9 Å². The number of halogens is 2. The van der Waals surface area contributed by atoms with E-state index in [2.05, 4.69) is 4.98 Å². The molecule has 0 atom stereocenters. The number of nitriles is 1. The molecular weight excluding hydrogens is 281 g/mol. The Bertz CT molecular complexity index is 749. The van der Waals surface area contributed by atoms with Crippen molar-refractivity contribution in [2.45, 2.75) is 19.9 Å². The van der Waals surface area contributed by atoms with E-state index in [0.717, 1.165) is 0 Å². The lowest BCUT2D eigenvalue weighted by Gasteiger charge is -2.11. The first-order valence-electron chi connectivity index (χ1n) is 6.00. The van der Waals surface area contributed by atoms with Crippen molar-refractivity contribution in [3.05, 3.63) is 62.5 Å². The van der Waals surface area contributed by atoms with E-state index >= 15 is 0 Å². The van der Waals surface area contributed by atoms with Crippen LogP contribution in [0.5, 0.6) is 0 Å². The summed E-state index contributed by atoms with van der Waals surface area (Å²) < 4.78 is 14.7. The molecule has 0 spiro atoms. The predicted octanol–water partition coefficient (Wildman–Crippen LogP) is 2.52. The van der Waals surface area contributed by atoms with Gasteiger partial charge in [-0.3, -0.25) is 9.36 Å². The first kappa shape index (κ1) is 14.2. The fourth-order valence-electron chi connectivity index (χ4n) is 1.90. The standard InChI is InChI=1S/C14H11ClFN3O/c1-2-13-18-12(15)6-14(20)19(13)8-9-3-4-11(16)10(5-9)7-17/h3-6H,2,8H2,1H3. The molecule has 1 aromatic carbocycles. The second-order valence-electron chi connectivity index (χ2n) is 4.20. The molecule has 0 fully saturated rings. The third-order valence-electron chi connectivity index (χ3n) is 2.86. The van der Waals surface area contributed by atoms with Gasteiger partial charge in [0.15, 0.2) is 0 Å². The van der Waals surface area contributed by atoms with Crippen molar-refractivity contribution in [2.75, 3.05) is 0 Å². The Balaban J connectivity index is 2.45. The van der Waals surface area contributed by atoms with Crippen LogP contribution in [0.3, 0.4) is 0 Å². The van der Waals surface area contributed by atoms with Gasteiger partial charge in [-0.15, -0.1) is 0 Å². The maximum absolute atomic E-state index is 13.3. The Kier molecular flexibility index (Phi) is 4.16. The van der Waals surface area contributed by atoms with Crippen molar-refractivity contribution in [1.29, 1.82) is 5.26 Å². The van der Waals surface area contributed by atoms with E-state index in [4.69, 9.17) is 16.9 Å². The van der Waals surface area contributed by atoms with Gasteiger partial charge in [-0.25, -0.2) is 9.37 Å². The van der Waals surface area contributed by atoms with Gasteiger partial charge in [-0.05, 0) is 17.7 Å². The van der Waals surface area contributed by atoms with Crippen LogP contribution in [0.25, 0.3) is 0 Å². The predicted molar refractivity (Wildman–Crippen MR) is 73.1 cm³/mol. The van der Waals surface area contributed by atoms with E-state index in [-0.39, 0.29) is 22.8 Å². The average Bonchev–Trinajstić information content (AvgIpc) is 2.43. The van der Waals surface area contributed by atoms with Gasteiger partial charge < -0.3 is 0 Å². The highest BCUT2D eigenvalue weighted by atomic mass is 35.5. The molecule has 6 heteroatoms. The van der Waals surface area contributed by atoms with Crippen LogP contribution in [0.2, 0.25) is 5.15 Å². The van der Waals surface area contributed by atoms with Gasteiger partial charge in [0, 0.05) is 12.5 Å². The Morgan fingerprint density at radius 1 is 1.45 bits per heavy atom. The summed E-state index contributed by atoms with van der Waals surface area (Å²) in [6.07, 6.45) is 0.544. The van der Waals surface area contributed by atoms with Crippen LogP contribution in [0, 0.1) is 17.1 Å². The fourth-order valence-corrected chi connectivity index (χ4v) is 2.09. The topological polar surface area (TPSA) is 58.7 Å². The Morgan fingerprint density at radius 2 is 2.20 bits per heavy atom. The summed E-state index contributed by atoms with van der Waals surface area (Å²) in [5.74, 6) is -0.0288. The van der Waals surface area contributed by atoms with E-state index in [1.54, 1.807) is 6.07 Å². The van der Waals surface area contributed by atoms with Crippen molar-refractivity contribution < 1.29 is 4.39 Å². The molecule has 2 aromatic rings. The van der Waals surface area contributed by atoms with Crippen LogP contribution in [-0.4, -0.2) is 9.55 Å². The summed E-state index contributed by atoms with van der Waals surface area (Å²) in [6.45, 7) is 2.08. The Hall–Kier alpha value is -2.19. The molecule has 0 N–H and O–H groups in total. The molecule has 0 aliphatic heterocycles. The molecule has 0 radical (unpaired) electrons. The van der Waals surface area contributed by atoms with Gasteiger partial charge in [-0.2, -0.15) is 5.26 Å². The van der Waals surface area contributed by atoms with Crippen LogP contribution >= 0.6 is 11.6 Å². The van der Waals surface area contributed by atoms with E-state index in [1.807, 2.05) is 6.92 Å². The van der Waals surface area contributed by atoms with Crippen molar-refractivity contribution in [3.63, 3.8) is 0 Å². The minimum atomic E-state index is -0.575. The molecule has 1 aromatic heterocycles. The fraction of sp³-hybridized carbons (Fsp3) is 0.214. The first-order valence-corrected chi connectivity index (χ1v) is 6.37. The highest BCUT2D eigenvalue weighted by Gasteiger charge is 2.09. The molecule has 0 saturated carbocycles. The molecule has 2 rings (SSSR count). The number of aromatic nitrogens is 2. The number of benzene rings is 1. The smallest absolute Gasteiger partial charge is 0.255 e. The van der Waals surface area contributed by atoms with Gasteiger partial charge in [-0.1, -0.05) is 24.6 Å². The molecule has 20 heavy (non-hydrogen) atoms. The molecular formula is C14H11ClFN3O. The normalized spacial score (nSPS) is 10.3. The molecule has 0 aliphatic carbocycles. The maximum Gasteiger partial charge on any atom is 0.255 e. The van der Waals surface area contributed by atoms with Crippen molar-refractivity contribution in [3.8, 4) is 6.07 Å². The summed E-state index contributed by atoms with van der Waals surface area (Å²) in [6, 6.07) is 7.19. The van der Waals surface area contributed by atoms with Crippen molar-refractivity contribution >= 4 is 11.6 Å². The van der Waals surface area contributed by atoms with Crippen molar-refractivity contribution in [2.24, 2.45) is 0 Å². The van der Waals surface area contributed by atoms with E-state index in [1.165, 1.54) is 28.8 Å². The molecule has 102 valence electrons. The lowest BCUT2D eigenvalue weighted by molar-refractivity contribution is 0.620. The molecule has 4 nitrogen and oxygen atoms in total. The molecule has 0 bridgehead atoms. The van der Waals surface area contributed by atoms with E-state index in [9.17, 15) is 9.18 Å². The van der Waals surface area contributed by atoms with E-state index in [0.29, 0.717) is 17.8 Å². The molecule has 0 saturated heterocycles. The zero-order valence-electron chi connectivity index (χ0n) is 10.7. The number of hydrogen-bond donors (Lipinski definition) is 0.